The van der Waals surface area contributed by atoms with Gasteiger partial charge in [-0.15, -0.1) is 0 Å². The van der Waals surface area contributed by atoms with Crippen molar-refractivity contribution in [1.29, 1.82) is 0 Å². The van der Waals surface area contributed by atoms with Crippen LogP contribution in [0.4, 0.5) is 5.82 Å². The zero-order valence-corrected chi connectivity index (χ0v) is 8.82. The standard InChI is InChI=1S/C11H13N3O/c1-3-12-10-6-7-13-11(14-10)9-5-4-8(2)15-9/h4-7H,3H2,1-2H3,(H,12,13,14). The van der Waals surface area contributed by atoms with Crippen LogP contribution in [0.5, 0.6) is 0 Å². The fourth-order valence-corrected chi connectivity index (χ4v) is 1.31. The normalized spacial score (nSPS) is 10.3. The predicted molar refractivity (Wildman–Crippen MR) is 58.6 cm³/mol. The topological polar surface area (TPSA) is 51.0 Å². The van der Waals surface area contributed by atoms with Crippen LogP contribution < -0.4 is 5.32 Å². The van der Waals surface area contributed by atoms with Crippen molar-refractivity contribution in [1.82, 2.24) is 9.97 Å². The van der Waals surface area contributed by atoms with Gasteiger partial charge in [-0.05, 0) is 32.0 Å². The highest BCUT2D eigenvalue weighted by molar-refractivity contribution is 5.50. The van der Waals surface area contributed by atoms with Gasteiger partial charge < -0.3 is 9.73 Å². The van der Waals surface area contributed by atoms with Gasteiger partial charge in [-0.1, -0.05) is 0 Å². The summed E-state index contributed by atoms with van der Waals surface area (Å²) >= 11 is 0. The summed E-state index contributed by atoms with van der Waals surface area (Å²) in [6.45, 7) is 4.77. The Morgan fingerprint density at radius 3 is 2.87 bits per heavy atom. The average Bonchev–Trinajstić information content (AvgIpc) is 2.66. The minimum Gasteiger partial charge on any atom is -0.458 e. The summed E-state index contributed by atoms with van der Waals surface area (Å²) in [7, 11) is 0. The fourth-order valence-electron chi connectivity index (χ4n) is 1.31. The minimum absolute atomic E-state index is 0.613. The minimum atomic E-state index is 0.613. The van der Waals surface area contributed by atoms with Crippen molar-refractivity contribution in [3.05, 3.63) is 30.2 Å². The molecule has 2 aromatic rings. The van der Waals surface area contributed by atoms with Gasteiger partial charge in [0.2, 0.25) is 0 Å². The van der Waals surface area contributed by atoms with Crippen LogP contribution in [0.3, 0.4) is 0 Å². The van der Waals surface area contributed by atoms with E-state index in [-0.39, 0.29) is 0 Å². The van der Waals surface area contributed by atoms with Gasteiger partial charge in [0, 0.05) is 12.7 Å². The lowest BCUT2D eigenvalue weighted by Crippen LogP contribution is -2.00. The maximum Gasteiger partial charge on any atom is 0.197 e. The third-order valence-corrected chi connectivity index (χ3v) is 1.97. The van der Waals surface area contributed by atoms with Gasteiger partial charge >= 0.3 is 0 Å². The molecule has 0 saturated heterocycles. The van der Waals surface area contributed by atoms with E-state index in [1.807, 2.05) is 32.0 Å². The van der Waals surface area contributed by atoms with Crippen molar-refractivity contribution in [2.24, 2.45) is 0 Å². The first-order valence-corrected chi connectivity index (χ1v) is 4.93. The first-order valence-electron chi connectivity index (χ1n) is 4.93. The number of aryl methyl sites for hydroxylation is 1. The number of nitrogens with zero attached hydrogens (tertiary/aromatic N) is 2. The van der Waals surface area contributed by atoms with Gasteiger partial charge in [0.25, 0.3) is 0 Å². The zero-order chi connectivity index (χ0) is 10.7. The molecule has 2 rings (SSSR count). The molecule has 0 fully saturated rings. The highest BCUT2D eigenvalue weighted by atomic mass is 16.3. The van der Waals surface area contributed by atoms with E-state index in [0.717, 1.165) is 18.1 Å². The third kappa shape index (κ3) is 2.15. The van der Waals surface area contributed by atoms with Crippen LogP contribution in [-0.4, -0.2) is 16.5 Å². The van der Waals surface area contributed by atoms with Crippen LogP contribution in [-0.2, 0) is 0 Å². The number of anilines is 1. The maximum atomic E-state index is 5.45. The first kappa shape index (κ1) is 9.71. The Morgan fingerprint density at radius 2 is 2.20 bits per heavy atom. The lowest BCUT2D eigenvalue weighted by molar-refractivity contribution is 0.544. The van der Waals surface area contributed by atoms with Crippen LogP contribution >= 0.6 is 0 Å². The summed E-state index contributed by atoms with van der Waals surface area (Å²) in [5, 5.41) is 3.13. The molecule has 0 aromatic carbocycles. The predicted octanol–water partition coefficient (Wildman–Crippen LogP) is 2.48. The molecule has 1 N–H and O–H groups in total. The van der Waals surface area contributed by atoms with Gasteiger partial charge in [-0.2, -0.15) is 0 Å². The molecular weight excluding hydrogens is 190 g/mol. The second-order valence-electron chi connectivity index (χ2n) is 3.21. The summed E-state index contributed by atoms with van der Waals surface area (Å²) in [5.41, 5.74) is 0. The van der Waals surface area contributed by atoms with Crippen molar-refractivity contribution >= 4 is 5.82 Å². The molecule has 15 heavy (non-hydrogen) atoms. The van der Waals surface area contributed by atoms with E-state index >= 15 is 0 Å². The molecule has 78 valence electrons. The van der Waals surface area contributed by atoms with Gasteiger partial charge in [0.1, 0.15) is 11.6 Å². The molecule has 0 amide bonds. The van der Waals surface area contributed by atoms with Crippen LogP contribution in [0.2, 0.25) is 0 Å². The number of nitrogens with one attached hydrogen (secondary N) is 1. The van der Waals surface area contributed by atoms with Crippen molar-refractivity contribution in [3.63, 3.8) is 0 Å². The van der Waals surface area contributed by atoms with Gasteiger partial charge in [0.15, 0.2) is 11.6 Å². The second kappa shape index (κ2) is 4.13. The van der Waals surface area contributed by atoms with Crippen LogP contribution in [0.25, 0.3) is 11.6 Å². The molecule has 0 aliphatic rings. The molecule has 4 nitrogen and oxygen atoms in total. The number of furan rings is 1. The number of aromatic nitrogens is 2. The van der Waals surface area contributed by atoms with Crippen molar-refractivity contribution < 1.29 is 4.42 Å². The van der Waals surface area contributed by atoms with Crippen molar-refractivity contribution in [3.8, 4) is 11.6 Å². The number of hydrogen-bond acceptors (Lipinski definition) is 4. The summed E-state index contributed by atoms with van der Waals surface area (Å²) in [6.07, 6.45) is 1.72. The smallest absolute Gasteiger partial charge is 0.197 e. The summed E-state index contributed by atoms with van der Waals surface area (Å²) in [4.78, 5) is 8.49. The largest absolute Gasteiger partial charge is 0.458 e. The molecule has 0 bridgehead atoms. The molecule has 0 aliphatic carbocycles. The molecule has 2 aromatic heterocycles. The quantitative estimate of drug-likeness (QED) is 0.832. The van der Waals surface area contributed by atoms with Crippen LogP contribution in [0.1, 0.15) is 12.7 Å². The Morgan fingerprint density at radius 1 is 1.33 bits per heavy atom. The number of hydrogen-bond donors (Lipinski definition) is 1. The summed E-state index contributed by atoms with van der Waals surface area (Å²) in [6, 6.07) is 5.61. The second-order valence-corrected chi connectivity index (χ2v) is 3.21. The summed E-state index contributed by atoms with van der Waals surface area (Å²) < 4.78 is 5.45. The molecule has 0 aliphatic heterocycles. The van der Waals surface area contributed by atoms with E-state index in [2.05, 4.69) is 15.3 Å². The molecule has 0 radical (unpaired) electrons. The number of rotatable bonds is 3. The monoisotopic (exact) mass is 203 g/mol. The lowest BCUT2D eigenvalue weighted by atomic mass is 10.4. The van der Waals surface area contributed by atoms with E-state index in [1.54, 1.807) is 6.20 Å². The highest BCUT2D eigenvalue weighted by Gasteiger charge is 2.05. The van der Waals surface area contributed by atoms with Crippen LogP contribution in [0, 0.1) is 6.92 Å². The maximum absolute atomic E-state index is 5.45. The average molecular weight is 203 g/mol. The zero-order valence-electron chi connectivity index (χ0n) is 8.82. The first-order chi connectivity index (χ1) is 7.29. The van der Waals surface area contributed by atoms with Crippen LogP contribution in [0.15, 0.2) is 28.8 Å². The Balaban J connectivity index is 2.32. The molecule has 4 heteroatoms. The van der Waals surface area contributed by atoms with Gasteiger partial charge in [-0.3, -0.25) is 0 Å². The molecule has 0 saturated carbocycles. The van der Waals surface area contributed by atoms with E-state index in [9.17, 15) is 0 Å². The van der Waals surface area contributed by atoms with E-state index in [1.165, 1.54) is 0 Å². The molecule has 0 spiro atoms. The van der Waals surface area contributed by atoms with E-state index < -0.39 is 0 Å². The Hall–Kier alpha value is -1.84. The van der Waals surface area contributed by atoms with E-state index in [0.29, 0.717) is 11.6 Å². The molecular formula is C11H13N3O. The van der Waals surface area contributed by atoms with Gasteiger partial charge in [0.05, 0.1) is 0 Å². The van der Waals surface area contributed by atoms with Crippen molar-refractivity contribution in [2.75, 3.05) is 11.9 Å². The van der Waals surface area contributed by atoms with Gasteiger partial charge in [-0.25, -0.2) is 9.97 Å². The van der Waals surface area contributed by atoms with Crippen molar-refractivity contribution in [2.45, 2.75) is 13.8 Å². The highest BCUT2D eigenvalue weighted by Crippen LogP contribution is 2.18. The Bertz CT molecular complexity index is 451. The SMILES string of the molecule is CCNc1ccnc(-c2ccc(C)o2)n1. The lowest BCUT2D eigenvalue weighted by Gasteiger charge is -2.02. The molecule has 2 heterocycles. The van der Waals surface area contributed by atoms with E-state index in [4.69, 9.17) is 4.42 Å². The molecule has 0 unspecified atom stereocenters. The third-order valence-electron chi connectivity index (χ3n) is 1.97. The fraction of sp³-hybridized carbons (Fsp3) is 0.273. The Kier molecular flexibility index (Phi) is 2.67. The summed E-state index contributed by atoms with van der Waals surface area (Å²) in [5.74, 6) is 2.99. The Labute approximate surface area is 88.4 Å². The molecule has 0 atom stereocenters.